The van der Waals surface area contributed by atoms with Crippen molar-refractivity contribution in [1.82, 2.24) is 14.5 Å². The van der Waals surface area contributed by atoms with Crippen LogP contribution in [0, 0.1) is 0 Å². The van der Waals surface area contributed by atoms with Gasteiger partial charge in [-0.05, 0) is 43.0 Å². The molecular formula is C24H31N3O3S. The Morgan fingerprint density at radius 2 is 1.68 bits per heavy atom. The van der Waals surface area contributed by atoms with Crippen LogP contribution in [-0.4, -0.2) is 55.8 Å². The number of rotatable bonds is 6. The Morgan fingerprint density at radius 3 is 2.42 bits per heavy atom. The summed E-state index contributed by atoms with van der Waals surface area (Å²) in [4.78, 5) is 15.4. The number of nitrogens with one attached hydrogen (secondary N) is 1. The van der Waals surface area contributed by atoms with Crippen LogP contribution in [-0.2, 0) is 16.6 Å². The number of likely N-dealkylation sites (tertiary alicyclic amines) is 1. The van der Waals surface area contributed by atoms with Gasteiger partial charge in [0.2, 0.25) is 10.0 Å². The van der Waals surface area contributed by atoms with Crippen molar-refractivity contribution in [2.75, 3.05) is 26.2 Å². The molecule has 4 rings (SSSR count). The van der Waals surface area contributed by atoms with Crippen LogP contribution in [0.15, 0.2) is 59.5 Å². The van der Waals surface area contributed by atoms with Gasteiger partial charge in [0.1, 0.15) is 0 Å². The molecule has 0 saturated carbocycles. The number of hydrogen-bond donors (Lipinski definition) is 1. The van der Waals surface area contributed by atoms with Gasteiger partial charge in [-0.2, -0.15) is 4.31 Å². The highest BCUT2D eigenvalue weighted by molar-refractivity contribution is 7.89. The summed E-state index contributed by atoms with van der Waals surface area (Å²) < 4.78 is 27.7. The molecule has 166 valence electrons. The predicted octanol–water partition coefficient (Wildman–Crippen LogP) is 3.26. The number of carbonyl (C=O) groups is 1. The molecule has 2 aromatic carbocycles. The minimum absolute atomic E-state index is 0.0714. The molecule has 1 atom stereocenters. The Labute approximate surface area is 185 Å². The lowest BCUT2D eigenvalue weighted by Crippen LogP contribution is -2.37. The van der Waals surface area contributed by atoms with E-state index in [1.54, 1.807) is 22.5 Å². The fraction of sp³-hybridized carbons (Fsp3) is 0.458. The summed E-state index contributed by atoms with van der Waals surface area (Å²) in [5.74, 6) is -0.209. The van der Waals surface area contributed by atoms with Gasteiger partial charge in [0.25, 0.3) is 5.91 Å². The minimum atomic E-state index is -3.57. The maximum atomic E-state index is 13.1. The minimum Gasteiger partial charge on any atom is -0.348 e. The smallest absolute Gasteiger partial charge is 0.251 e. The zero-order valence-electron chi connectivity index (χ0n) is 17.9. The number of nitrogens with zero attached hydrogens (tertiary/aromatic N) is 2. The Hall–Kier alpha value is -2.22. The molecule has 2 heterocycles. The third kappa shape index (κ3) is 5.53. The molecule has 2 aliphatic heterocycles. The summed E-state index contributed by atoms with van der Waals surface area (Å²) in [6.07, 6.45) is 4.81. The Balaban J connectivity index is 1.38. The molecule has 31 heavy (non-hydrogen) atoms. The molecule has 1 N–H and O–H groups in total. The van der Waals surface area contributed by atoms with Crippen molar-refractivity contribution in [3.63, 3.8) is 0 Å². The standard InChI is InChI=1S/C24H31N3O3S/c28-24(25-22-13-16-26(19-22)18-20-9-4-3-5-10-20)21-11-8-12-23(17-21)31(29,30)27-14-6-1-2-7-15-27/h3-5,8-12,17,22H,1-2,6-7,13-16,18-19H2,(H,25,28)/t22-/m0/s1. The number of hydrogen-bond acceptors (Lipinski definition) is 4. The van der Waals surface area contributed by atoms with E-state index < -0.39 is 10.0 Å². The first-order chi connectivity index (χ1) is 15.0. The Morgan fingerprint density at radius 1 is 0.935 bits per heavy atom. The third-order valence-corrected chi connectivity index (χ3v) is 8.05. The zero-order chi connectivity index (χ0) is 21.7. The normalized spacial score (nSPS) is 21.0. The fourth-order valence-corrected chi connectivity index (χ4v) is 6.00. The van der Waals surface area contributed by atoms with Crippen molar-refractivity contribution in [2.24, 2.45) is 0 Å². The van der Waals surface area contributed by atoms with Crippen LogP contribution < -0.4 is 5.32 Å². The van der Waals surface area contributed by atoms with Gasteiger partial charge in [-0.25, -0.2) is 8.42 Å². The van der Waals surface area contributed by atoms with Gasteiger partial charge >= 0.3 is 0 Å². The molecule has 1 amide bonds. The lowest BCUT2D eigenvalue weighted by molar-refractivity contribution is 0.0937. The summed E-state index contributed by atoms with van der Waals surface area (Å²) in [5, 5.41) is 3.09. The molecule has 2 aromatic rings. The molecule has 0 aromatic heterocycles. The van der Waals surface area contributed by atoms with Gasteiger partial charge in [-0.15, -0.1) is 0 Å². The lowest BCUT2D eigenvalue weighted by atomic mass is 10.2. The Kier molecular flexibility index (Phi) is 7.05. The second-order valence-corrected chi connectivity index (χ2v) is 10.5. The monoisotopic (exact) mass is 441 g/mol. The predicted molar refractivity (Wildman–Crippen MR) is 121 cm³/mol. The molecule has 0 spiro atoms. The topological polar surface area (TPSA) is 69.7 Å². The SMILES string of the molecule is O=C(N[C@H]1CCN(Cc2ccccc2)C1)c1cccc(S(=O)(=O)N2CCCCCC2)c1. The first kappa shape index (κ1) is 22.0. The molecule has 6 nitrogen and oxygen atoms in total. The van der Waals surface area contributed by atoms with Crippen molar-refractivity contribution < 1.29 is 13.2 Å². The summed E-state index contributed by atoms with van der Waals surface area (Å²) in [5.41, 5.74) is 1.67. The highest BCUT2D eigenvalue weighted by Gasteiger charge is 2.27. The molecule has 0 radical (unpaired) electrons. The Bertz CT molecular complexity index is 986. The molecule has 2 aliphatic rings. The molecule has 7 heteroatoms. The second-order valence-electron chi connectivity index (χ2n) is 8.53. The molecule has 0 bridgehead atoms. The van der Waals surface area contributed by atoms with E-state index in [-0.39, 0.29) is 16.8 Å². The molecule has 0 aliphatic carbocycles. The van der Waals surface area contributed by atoms with E-state index in [2.05, 4.69) is 22.3 Å². The van der Waals surface area contributed by atoms with E-state index in [0.29, 0.717) is 18.7 Å². The molecule has 0 unspecified atom stereocenters. The highest BCUT2D eigenvalue weighted by Crippen LogP contribution is 2.21. The number of carbonyl (C=O) groups excluding carboxylic acids is 1. The van der Waals surface area contributed by atoms with Gasteiger partial charge < -0.3 is 5.32 Å². The summed E-state index contributed by atoms with van der Waals surface area (Å²) in [6, 6.07) is 16.8. The van der Waals surface area contributed by atoms with Crippen LogP contribution in [0.3, 0.4) is 0 Å². The van der Waals surface area contributed by atoms with Crippen LogP contribution in [0.1, 0.15) is 48.0 Å². The summed E-state index contributed by atoms with van der Waals surface area (Å²) in [7, 11) is -3.57. The first-order valence-electron chi connectivity index (χ1n) is 11.2. The summed E-state index contributed by atoms with van der Waals surface area (Å²) in [6.45, 7) is 3.71. The lowest BCUT2D eigenvalue weighted by Gasteiger charge is -2.20. The van der Waals surface area contributed by atoms with Crippen LogP contribution in [0.5, 0.6) is 0 Å². The van der Waals surface area contributed by atoms with Crippen LogP contribution in [0.4, 0.5) is 0 Å². The van der Waals surface area contributed by atoms with Crippen LogP contribution in [0.25, 0.3) is 0 Å². The number of sulfonamides is 1. The van der Waals surface area contributed by atoms with E-state index in [1.165, 1.54) is 11.6 Å². The van der Waals surface area contributed by atoms with Crippen molar-refractivity contribution in [2.45, 2.75) is 49.6 Å². The largest absolute Gasteiger partial charge is 0.348 e. The number of benzene rings is 2. The van der Waals surface area contributed by atoms with E-state index in [4.69, 9.17) is 0 Å². The van der Waals surface area contributed by atoms with Crippen molar-refractivity contribution >= 4 is 15.9 Å². The zero-order valence-corrected chi connectivity index (χ0v) is 18.7. The van der Waals surface area contributed by atoms with E-state index in [1.807, 2.05) is 18.2 Å². The summed E-state index contributed by atoms with van der Waals surface area (Å²) >= 11 is 0. The second kappa shape index (κ2) is 9.94. The van der Waals surface area contributed by atoms with Gasteiger partial charge in [-0.1, -0.05) is 49.2 Å². The van der Waals surface area contributed by atoms with Gasteiger partial charge in [-0.3, -0.25) is 9.69 Å². The van der Waals surface area contributed by atoms with Crippen molar-refractivity contribution in [1.29, 1.82) is 0 Å². The van der Waals surface area contributed by atoms with Gasteiger partial charge in [0.05, 0.1) is 4.90 Å². The fourth-order valence-electron chi connectivity index (χ4n) is 4.43. The van der Waals surface area contributed by atoms with Gasteiger partial charge in [0, 0.05) is 44.3 Å². The molecular weight excluding hydrogens is 410 g/mol. The maximum absolute atomic E-state index is 13.1. The van der Waals surface area contributed by atoms with Crippen molar-refractivity contribution in [3.05, 3.63) is 65.7 Å². The van der Waals surface area contributed by atoms with E-state index >= 15 is 0 Å². The average molecular weight is 442 g/mol. The molecule has 2 fully saturated rings. The van der Waals surface area contributed by atoms with E-state index in [0.717, 1.165) is 51.7 Å². The van der Waals surface area contributed by atoms with Crippen LogP contribution >= 0.6 is 0 Å². The van der Waals surface area contributed by atoms with Crippen LogP contribution in [0.2, 0.25) is 0 Å². The first-order valence-corrected chi connectivity index (χ1v) is 12.6. The van der Waals surface area contributed by atoms with E-state index in [9.17, 15) is 13.2 Å². The quantitative estimate of drug-likeness (QED) is 0.747. The van der Waals surface area contributed by atoms with Gasteiger partial charge in [0.15, 0.2) is 0 Å². The van der Waals surface area contributed by atoms with Crippen molar-refractivity contribution in [3.8, 4) is 0 Å². The number of amides is 1. The third-order valence-electron chi connectivity index (χ3n) is 6.16. The average Bonchev–Trinajstić information content (AvgIpc) is 3.03. The molecule has 2 saturated heterocycles. The highest BCUT2D eigenvalue weighted by atomic mass is 32.2. The maximum Gasteiger partial charge on any atom is 0.251 e.